The third-order valence-corrected chi connectivity index (χ3v) is 3.76. The maximum atomic E-state index is 6.15. The zero-order valence-electron chi connectivity index (χ0n) is 12.3. The molecule has 0 amide bonds. The van der Waals surface area contributed by atoms with Crippen LogP contribution in [0.3, 0.4) is 0 Å². The van der Waals surface area contributed by atoms with Crippen LogP contribution >= 0.6 is 0 Å². The first-order valence-electron chi connectivity index (χ1n) is 6.97. The topological polar surface area (TPSA) is 36.9 Å². The first-order chi connectivity index (χ1) is 8.36. The molecule has 0 aromatic carbocycles. The second kappa shape index (κ2) is 5.08. The van der Waals surface area contributed by atoms with Gasteiger partial charge in [0.2, 0.25) is 0 Å². The average Bonchev–Trinajstić information content (AvgIpc) is 2.64. The summed E-state index contributed by atoms with van der Waals surface area (Å²) in [6.45, 7) is 12.8. The Morgan fingerprint density at radius 1 is 1.11 bits per heavy atom. The lowest BCUT2D eigenvalue weighted by molar-refractivity contribution is -0.204. The lowest BCUT2D eigenvalue weighted by Crippen LogP contribution is -2.52. The Balaban J connectivity index is 2.16. The summed E-state index contributed by atoms with van der Waals surface area (Å²) in [5.41, 5.74) is -0.446. The normalized spacial score (nSPS) is 43.3. The second-order valence-electron chi connectivity index (χ2n) is 5.99. The van der Waals surface area contributed by atoms with Crippen LogP contribution in [0.1, 0.15) is 41.5 Å². The van der Waals surface area contributed by atoms with Gasteiger partial charge in [-0.3, -0.25) is 0 Å². The van der Waals surface area contributed by atoms with Crippen molar-refractivity contribution in [2.75, 3.05) is 6.61 Å². The third-order valence-electron chi connectivity index (χ3n) is 3.76. The second-order valence-corrected chi connectivity index (χ2v) is 5.99. The summed E-state index contributed by atoms with van der Waals surface area (Å²) in [5.74, 6) is 0. The first kappa shape index (κ1) is 14.3. The minimum atomic E-state index is -0.446. The molecule has 5 atom stereocenters. The number of ether oxygens (including phenoxy) is 4. The minimum Gasteiger partial charge on any atom is -0.376 e. The van der Waals surface area contributed by atoms with Crippen LogP contribution in [0, 0.1) is 0 Å². The predicted molar refractivity (Wildman–Crippen MR) is 68.7 cm³/mol. The largest absolute Gasteiger partial charge is 0.376 e. The molecule has 0 spiro atoms. The van der Waals surface area contributed by atoms with E-state index < -0.39 is 5.60 Å². The van der Waals surface area contributed by atoms with Crippen molar-refractivity contribution in [3.05, 3.63) is 0 Å². The highest BCUT2D eigenvalue weighted by Gasteiger charge is 2.65. The Labute approximate surface area is 110 Å². The maximum Gasteiger partial charge on any atom is 0.146 e. The van der Waals surface area contributed by atoms with Crippen LogP contribution in [0.5, 0.6) is 0 Å². The number of hydrogen-bond acceptors (Lipinski definition) is 4. The van der Waals surface area contributed by atoms with Crippen LogP contribution in [0.2, 0.25) is 0 Å². The van der Waals surface area contributed by atoms with Crippen molar-refractivity contribution >= 4 is 0 Å². The van der Waals surface area contributed by atoms with E-state index in [1.165, 1.54) is 0 Å². The summed E-state index contributed by atoms with van der Waals surface area (Å²) >= 11 is 0. The first-order valence-corrected chi connectivity index (χ1v) is 6.97. The highest BCUT2D eigenvalue weighted by molar-refractivity contribution is 5.12. The number of fused-ring (bicyclic) bond motifs is 2. The molecule has 2 fully saturated rings. The van der Waals surface area contributed by atoms with Crippen molar-refractivity contribution in [2.24, 2.45) is 0 Å². The van der Waals surface area contributed by atoms with Crippen LogP contribution in [-0.4, -0.2) is 48.8 Å². The fraction of sp³-hybridized carbons (Fsp3) is 1.00. The van der Waals surface area contributed by atoms with Gasteiger partial charge in [0.15, 0.2) is 0 Å². The van der Waals surface area contributed by atoms with Crippen molar-refractivity contribution in [2.45, 2.75) is 83.8 Å². The predicted octanol–water partition coefficient (Wildman–Crippen LogP) is 2.15. The van der Waals surface area contributed by atoms with Crippen molar-refractivity contribution in [3.8, 4) is 0 Å². The molecule has 106 valence electrons. The lowest BCUT2D eigenvalue weighted by Gasteiger charge is -2.36. The lowest BCUT2D eigenvalue weighted by atomic mass is 9.93. The highest BCUT2D eigenvalue weighted by Crippen LogP contribution is 2.46. The van der Waals surface area contributed by atoms with E-state index in [1.54, 1.807) is 0 Å². The molecule has 0 N–H and O–H groups in total. The van der Waals surface area contributed by atoms with Crippen molar-refractivity contribution in [1.82, 2.24) is 0 Å². The molecule has 2 aliphatic rings. The average molecular weight is 258 g/mol. The van der Waals surface area contributed by atoms with Gasteiger partial charge in [-0.05, 0) is 41.5 Å². The van der Waals surface area contributed by atoms with E-state index in [2.05, 4.69) is 0 Å². The molecule has 0 aromatic rings. The van der Waals surface area contributed by atoms with Crippen LogP contribution in [0.15, 0.2) is 0 Å². The van der Waals surface area contributed by atoms with Gasteiger partial charge in [0.1, 0.15) is 17.8 Å². The van der Waals surface area contributed by atoms with Gasteiger partial charge in [-0.2, -0.15) is 0 Å². The molecule has 0 radical (unpaired) electrons. The van der Waals surface area contributed by atoms with E-state index in [9.17, 15) is 0 Å². The number of hydrogen-bond donors (Lipinski definition) is 0. The van der Waals surface area contributed by atoms with E-state index in [0.717, 1.165) is 0 Å². The van der Waals surface area contributed by atoms with E-state index in [1.807, 2.05) is 41.5 Å². The van der Waals surface area contributed by atoms with Gasteiger partial charge < -0.3 is 18.9 Å². The molecule has 2 saturated heterocycles. The fourth-order valence-corrected chi connectivity index (χ4v) is 2.88. The maximum absolute atomic E-state index is 6.15. The van der Waals surface area contributed by atoms with Crippen LogP contribution in [-0.2, 0) is 18.9 Å². The molecular formula is C14H26O4. The summed E-state index contributed by atoms with van der Waals surface area (Å²) in [7, 11) is 0. The Bertz CT molecular complexity index is 292. The zero-order valence-corrected chi connectivity index (χ0v) is 12.3. The molecule has 0 saturated carbocycles. The van der Waals surface area contributed by atoms with Gasteiger partial charge in [0.05, 0.1) is 31.0 Å². The smallest absolute Gasteiger partial charge is 0.146 e. The SMILES string of the molecule is CC(C)OC[C@]12O[C@@H](C)[C@@H](O[C@H]1C)C2OC(C)C. The zero-order chi connectivity index (χ0) is 13.5. The molecule has 4 heteroatoms. The third kappa shape index (κ3) is 2.31. The monoisotopic (exact) mass is 258 g/mol. The highest BCUT2D eigenvalue weighted by atomic mass is 16.7. The van der Waals surface area contributed by atoms with E-state index in [0.29, 0.717) is 6.61 Å². The fourth-order valence-electron chi connectivity index (χ4n) is 2.88. The molecule has 4 nitrogen and oxygen atoms in total. The Morgan fingerprint density at radius 2 is 1.78 bits per heavy atom. The van der Waals surface area contributed by atoms with Gasteiger partial charge in [0.25, 0.3) is 0 Å². The molecule has 2 bridgehead atoms. The summed E-state index contributed by atoms with van der Waals surface area (Å²) in [6.07, 6.45) is 0.435. The molecule has 2 rings (SSSR count). The molecule has 2 aliphatic heterocycles. The molecule has 1 unspecified atom stereocenters. The number of rotatable bonds is 5. The Hall–Kier alpha value is -0.160. The molecule has 0 aliphatic carbocycles. The molecular weight excluding hydrogens is 232 g/mol. The molecule has 18 heavy (non-hydrogen) atoms. The quantitative estimate of drug-likeness (QED) is 0.757. The summed E-state index contributed by atoms with van der Waals surface area (Å²) in [6, 6.07) is 0. The van der Waals surface area contributed by atoms with Crippen molar-refractivity contribution in [3.63, 3.8) is 0 Å². The van der Waals surface area contributed by atoms with Crippen LogP contribution < -0.4 is 0 Å². The Morgan fingerprint density at radius 3 is 2.33 bits per heavy atom. The van der Waals surface area contributed by atoms with Gasteiger partial charge in [-0.1, -0.05) is 0 Å². The van der Waals surface area contributed by atoms with E-state index in [4.69, 9.17) is 18.9 Å². The van der Waals surface area contributed by atoms with Gasteiger partial charge in [-0.15, -0.1) is 0 Å². The van der Waals surface area contributed by atoms with E-state index in [-0.39, 0.29) is 36.6 Å². The van der Waals surface area contributed by atoms with Crippen LogP contribution in [0.4, 0.5) is 0 Å². The van der Waals surface area contributed by atoms with E-state index >= 15 is 0 Å². The summed E-state index contributed by atoms with van der Waals surface area (Å²) in [4.78, 5) is 0. The molecule has 2 heterocycles. The van der Waals surface area contributed by atoms with Gasteiger partial charge >= 0.3 is 0 Å². The minimum absolute atomic E-state index is 0.0150. The summed E-state index contributed by atoms with van der Waals surface area (Å²) in [5, 5.41) is 0. The van der Waals surface area contributed by atoms with Gasteiger partial charge in [0, 0.05) is 0 Å². The van der Waals surface area contributed by atoms with Crippen molar-refractivity contribution in [1.29, 1.82) is 0 Å². The van der Waals surface area contributed by atoms with Gasteiger partial charge in [-0.25, -0.2) is 0 Å². The van der Waals surface area contributed by atoms with Crippen molar-refractivity contribution < 1.29 is 18.9 Å². The molecule has 0 aromatic heterocycles. The van der Waals surface area contributed by atoms with Crippen LogP contribution in [0.25, 0.3) is 0 Å². The summed E-state index contributed by atoms with van der Waals surface area (Å²) < 4.78 is 24.0. The standard InChI is InChI=1S/C14H26O4/c1-8(2)15-7-14-11(6)17-12(10(5)18-14)13(14)16-9(3)4/h8-13H,7H2,1-6H3/t10-,11-,12+,13?,14-/m0/s1. The Kier molecular flexibility index (Phi) is 4.02.